The van der Waals surface area contributed by atoms with Gasteiger partial charge in [0.15, 0.2) is 6.04 Å². The second kappa shape index (κ2) is 12.3. The molecule has 2 amide bonds. The molecule has 2 aromatic carbocycles. The molecule has 0 saturated heterocycles. The lowest BCUT2D eigenvalue weighted by Crippen LogP contribution is -2.30. The van der Waals surface area contributed by atoms with Crippen molar-refractivity contribution in [1.29, 1.82) is 0 Å². The number of carbonyl (C=O) groups excluding carboxylic acids is 2. The summed E-state index contributed by atoms with van der Waals surface area (Å²) in [5.41, 5.74) is 3.65. The summed E-state index contributed by atoms with van der Waals surface area (Å²) in [5.74, 6) is -1.43. The van der Waals surface area contributed by atoms with E-state index >= 15 is 0 Å². The number of amides is 2. The van der Waals surface area contributed by atoms with E-state index in [2.05, 4.69) is 5.32 Å². The van der Waals surface area contributed by atoms with Crippen LogP contribution in [0.4, 0.5) is 11.4 Å². The van der Waals surface area contributed by atoms with Gasteiger partial charge in [-0.1, -0.05) is 43.2 Å². The predicted molar refractivity (Wildman–Crippen MR) is 118 cm³/mol. The second-order valence-corrected chi connectivity index (χ2v) is 7.31. The summed E-state index contributed by atoms with van der Waals surface area (Å²) in [6, 6.07) is 15.3. The SMILES string of the molecule is CN(c1ccc(NC(=O)CCCCCCC(=O)NO)cc1)[C@H](C(=O)O)c1ccccc1. The number of likely N-dealkylation sites (N-methyl/N-ethyl adjacent to an activating group) is 1. The molecule has 4 N–H and O–H groups in total. The molecule has 8 nitrogen and oxygen atoms in total. The maximum atomic E-state index is 12.1. The van der Waals surface area contributed by atoms with Crippen molar-refractivity contribution in [3.8, 4) is 0 Å². The van der Waals surface area contributed by atoms with E-state index in [1.165, 1.54) is 0 Å². The molecule has 0 aliphatic carbocycles. The zero-order valence-corrected chi connectivity index (χ0v) is 17.6. The zero-order valence-electron chi connectivity index (χ0n) is 17.6. The van der Waals surface area contributed by atoms with Crippen molar-refractivity contribution in [2.75, 3.05) is 17.3 Å². The molecule has 166 valence electrons. The minimum Gasteiger partial charge on any atom is -0.479 e. The van der Waals surface area contributed by atoms with Crippen LogP contribution in [-0.2, 0) is 14.4 Å². The number of hydrogen-bond donors (Lipinski definition) is 4. The molecule has 0 fully saturated rings. The molecule has 0 spiro atoms. The van der Waals surface area contributed by atoms with E-state index in [1.807, 2.05) is 18.2 Å². The van der Waals surface area contributed by atoms with Crippen molar-refractivity contribution in [2.24, 2.45) is 0 Å². The summed E-state index contributed by atoms with van der Waals surface area (Å²) >= 11 is 0. The van der Waals surface area contributed by atoms with E-state index in [1.54, 1.807) is 53.8 Å². The Labute approximate surface area is 181 Å². The van der Waals surface area contributed by atoms with Crippen LogP contribution in [0.5, 0.6) is 0 Å². The topological polar surface area (TPSA) is 119 Å². The highest BCUT2D eigenvalue weighted by Gasteiger charge is 2.24. The van der Waals surface area contributed by atoms with Crippen molar-refractivity contribution >= 4 is 29.2 Å². The fourth-order valence-corrected chi connectivity index (χ4v) is 3.30. The van der Waals surface area contributed by atoms with Gasteiger partial charge in [0.05, 0.1) is 0 Å². The van der Waals surface area contributed by atoms with Crippen molar-refractivity contribution in [2.45, 2.75) is 44.6 Å². The summed E-state index contributed by atoms with van der Waals surface area (Å²) in [6.07, 6.45) is 3.67. The highest BCUT2D eigenvalue weighted by Crippen LogP contribution is 2.27. The Hall–Kier alpha value is -3.39. The Balaban J connectivity index is 1.83. The number of rotatable bonds is 12. The molecule has 0 radical (unpaired) electrons. The Morgan fingerprint density at radius 2 is 1.45 bits per heavy atom. The minimum absolute atomic E-state index is 0.0955. The van der Waals surface area contributed by atoms with Crippen molar-refractivity contribution in [1.82, 2.24) is 5.48 Å². The van der Waals surface area contributed by atoms with Crippen LogP contribution >= 0.6 is 0 Å². The average Bonchev–Trinajstić information content (AvgIpc) is 2.77. The Bertz CT molecular complexity index is 855. The lowest BCUT2D eigenvalue weighted by molar-refractivity contribution is -0.138. The highest BCUT2D eigenvalue weighted by molar-refractivity contribution is 5.91. The maximum absolute atomic E-state index is 12.1. The van der Waals surface area contributed by atoms with Crippen LogP contribution in [0.1, 0.15) is 50.1 Å². The Morgan fingerprint density at radius 3 is 2.00 bits per heavy atom. The quantitative estimate of drug-likeness (QED) is 0.233. The molecule has 31 heavy (non-hydrogen) atoms. The number of hydroxylamine groups is 1. The van der Waals surface area contributed by atoms with E-state index in [0.717, 1.165) is 18.5 Å². The summed E-state index contributed by atoms with van der Waals surface area (Å²) in [5, 5.41) is 20.9. The molecule has 0 heterocycles. The van der Waals surface area contributed by atoms with E-state index in [-0.39, 0.29) is 12.3 Å². The number of aliphatic carboxylic acids is 1. The first-order chi connectivity index (χ1) is 14.9. The molecule has 0 aliphatic rings. The fraction of sp³-hybridized carbons (Fsp3) is 0.348. The molecule has 0 aliphatic heterocycles. The van der Waals surface area contributed by atoms with E-state index in [0.29, 0.717) is 30.5 Å². The number of nitrogens with zero attached hydrogens (tertiary/aromatic N) is 1. The lowest BCUT2D eigenvalue weighted by atomic mass is 10.1. The zero-order chi connectivity index (χ0) is 22.6. The maximum Gasteiger partial charge on any atom is 0.331 e. The third-order valence-corrected chi connectivity index (χ3v) is 4.98. The minimum atomic E-state index is -0.942. The first-order valence-corrected chi connectivity index (χ1v) is 10.3. The molecule has 2 aromatic rings. The molecular formula is C23H29N3O5. The highest BCUT2D eigenvalue weighted by atomic mass is 16.5. The van der Waals surface area contributed by atoms with Gasteiger partial charge >= 0.3 is 5.97 Å². The molecule has 8 heteroatoms. The molecule has 0 saturated carbocycles. The van der Waals surface area contributed by atoms with Crippen LogP contribution < -0.4 is 15.7 Å². The Morgan fingerprint density at radius 1 is 0.871 bits per heavy atom. The molecule has 0 aromatic heterocycles. The van der Waals surface area contributed by atoms with Crippen LogP contribution in [0.15, 0.2) is 54.6 Å². The van der Waals surface area contributed by atoms with Crippen molar-refractivity contribution in [3.63, 3.8) is 0 Å². The number of benzene rings is 2. The molecular weight excluding hydrogens is 398 g/mol. The van der Waals surface area contributed by atoms with Gasteiger partial charge in [-0.2, -0.15) is 0 Å². The van der Waals surface area contributed by atoms with Crippen molar-refractivity contribution in [3.05, 3.63) is 60.2 Å². The summed E-state index contributed by atoms with van der Waals surface area (Å²) in [4.78, 5) is 36.5. The number of carboxylic acids is 1. The number of carboxylic acid groups (broad SMARTS) is 1. The van der Waals surface area contributed by atoms with Gasteiger partial charge in [0.2, 0.25) is 11.8 Å². The number of anilines is 2. The van der Waals surface area contributed by atoms with Gasteiger partial charge in [0.25, 0.3) is 0 Å². The Kier molecular flexibility index (Phi) is 9.51. The summed E-state index contributed by atoms with van der Waals surface area (Å²) in [6.45, 7) is 0. The van der Waals surface area contributed by atoms with E-state index in [4.69, 9.17) is 5.21 Å². The lowest BCUT2D eigenvalue weighted by Gasteiger charge is -2.27. The fourth-order valence-electron chi connectivity index (χ4n) is 3.30. The first-order valence-electron chi connectivity index (χ1n) is 10.3. The third kappa shape index (κ3) is 7.75. The number of hydrogen-bond acceptors (Lipinski definition) is 5. The molecule has 0 bridgehead atoms. The molecule has 2 rings (SSSR count). The second-order valence-electron chi connectivity index (χ2n) is 7.31. The molecule has 0 unspecified atom stereocenters. The smallest absolute Gasteiger partial charge is 0.331 e. The van der Waals surface area contributed by atoms with Gasteiger partial charge in [0.1, 0.15) is 0 Å². The molecule has 1 atom stereocenters. The van der Waals surface area contributed by atoms with Crippen LogP contribution in [0.3, 0.4) is 0 Å². The average molecular weight is 428 g/mol. The van der Waals surface area contributed by atoms with Gasteiger partial charge in [-0.3, -0.25) is 14.8 Å². The summed E-state index contributed by atoms with van der Waals surface area (Å²) < 4.78 is 0. The van der Waals surface area contributed by atoms with Gasteiger partial charge in [0, 0.05) is 31.3 Å². The number of nitrogens with one attached hydrogen (secondary N) is 2. The monoisotopic (exact) mass is 427 g/mol. The van der Waals surface area contributed by atoms with Gasteiger partial charge in [-0.05, 0) is 42.7 Å². The van der Waals surface area contributed by atoms with Gasteiger partial charge in [-0.25, -0.2) is 10.3 Å². The predicted octanol–water partition coefficient (Wildman–Crippen LogP) is 3.73. The normalized spacial score (nSPS) is 11.4. The number of carbonyl (C=O) groups is 3. The van der Waals surface area contributed by atoms with Crippen LogP contribution in [0.2, 0.25) is 0 Å². The summed E-state index contributed by atoms with van der Waals surface area (Å²) in [7, 11) is 1.73. The van der Waals surface area contributed by atoms with Gasteiger partial charge in [-0.15, -0.1) is 0 Å². The standard InChI is InChI=1S/C23H29N3O5/c1-26(22(23(29)30)17-9-5-4-6-10-17)19-15-13-18(14-16-19)24-20(27)11-7-2-3-8-12-21(28)25-31/h4-6,9-10,13-16,22,31H,2-3,7-8,11-12H2,1H3,(H,24,27)(H,25,28)(H,29,30)/t22-/m0/s1. The largest absolute Gasteiger partial charge is 0.479 e. The van der Waals surface area contributed by atoms with Gasteiger partial charge < -0.3 is 15.3 Å². The van der Waals surface area contributed by atoms with Crippen LogP contribution in [-0.4, -0.2) is 35.1 Å². The van der Waals surface area contributed by atoms with Crippen LogP contribution in [0, 0.1) is 0 Å². The van der Waals surface area contributed by atoms with E-state index in [9.17, 15) is 19.5 Å². The first kappa shape index (κ1) is 23.9. The number of unbranched alkanes of at least 4 members (excludes halogenated alkanes) is 3. The van der Waals surface area contributed by atoms with Crippen molar-refractivity contribution < 1.29 is 24.7 Å². The third-order valence-electron chi connectivity index (χ3n) is 4.98. The van der Waals surface area contributed by atoms with Crippen LogP contribution in [0.25, 0.3) is 0 Å². The van der Waals surface area contributed by atoms with E-state index < -0.39 is 17.9 Å².